The molecule has 3 rings (SSSR count). The van der Waals surface area contributed by atoms with Crippen LogP contribution in [0.5, 0.6) is 0 Å². The molecule has 0 saturated carbocycles. The van der Waals surface area contributed by atoms with Crippen molar-refractivity contribution in [2.75, 3.05) is 31.1 Å². The van der Waals surface area contributed by atoms with Crippen LogP contribution < -0.4 is 4.90 Å². The smallest absolute Gasteiger partial charge is 0.243 e. The van der Waals surface area contributed by atoms with Gasteiger partial charge >= 0.3 is 0 Å². The van der Waals surface area contributed by atoms with E-state index in [9.17, 15) is 8.42 Å². The molecule has 0 N–H and O–H groups in total. The molecule has 7 heteroatoms. The molecule has 1 heterocycles. The van der Waals surface area contributed by atoms with Crippen LogP contribution in [0.2, 0.25) is 10.0 Å². The van der Waals surface area contributed by atoms with Crippen LogP contribution in [0.15, 0.2) is 47.4 Å². The second kappa shape index (κ2) is 6.92. The molecular formula is C17H18Cl2N2O2S. The molecule has 4 nitrogen and oxygen atoms in total. The van der Waals surface area contributed by atoms with Gasteiger partial charge in [0.1, 0.15) is 0 Å². The van der Waals surface area contributed by atoms with Crippen molar-refractivity contribution in [3.8, 4) is 0 Å². The molecule has 1 fully saturated rings. The van der Waals surface area contributed by atoms with Crippen molar-refractivity contribution < 1.29 is 8.42 Å². The third-order valence-electron chi connectivity index (χ3n) is 4.17. The predicted molar refractivity (Wildman–Crippen MR) is 98.6 cm³/mol. The van der Waals surface area contributed by atoms with Crippen molar-refractivity contribution in [1.29, 1.82) is 0 Å². The van der Waals surface area contributed by atoms with E-state index in [0.717, 1.165) is 11.3 Å². The number of sulfonamides is 1. The van der Waals surface area contributed by atoms with Gasteiger partial charge in [-0.15, -0.1) is 0 Å². The van der Waals surface area contributed by atoms with Crippen LogP contribution in [0.4, 0.5) is 5.69 Å². The first-order chi connectivity index (χ1) is 11.4. The summed E-state index contributed by atoms with van der Waals surface area (Å²) >= 11 is 12.3. The molecule has 1 aliphatic heterocycles. The van der Waals surface area contributed by atoms with Gasteiger partial charge in [0.15, 0.2) is 0 Å². The monoisotopic (exact) mass is 384 g/mol. The maximum Gasteiger partial charge on any atom is 0.243 e. The number of hydrogen-bond acceptors (Lipinski definition) is 3. The van der Waals surface area contributed by atoms with Crippen LogP contribution >= 0.6 is 23.2 Å². The Hall–Kier alpha value is -1.27. The molecule has 2 aromatic carbocycles. The molecule has 2 aromatic rings. The fraction of sp³-hybridized carbons (Fsp3) is 0.294. The van der Waals surface area contributed by atoms with Crippen molar-refractivity contribution in [1.82, 2.24) is 4.31 Å². The zero-order valence-electron chi connectivity index (χ0n) is 13.2. The Morgan fingerprint density at radius 1 is 0.917 bits per heavy atom. The van der Waals surface area contributed by atoms with Crippen LogP contribution in [0.3, 0.4) is 0 Å². The molecule has 1 aliphatic rings. The largest absolute Gasteiger partial charge is 0.368 e. The average Bonchev–Trinajstić information content (AvgIpc) is 2.58. The van der Waals surface area contributed by atoms with Crippen molar-refractivity contribution >= 4 is 38.9 Å². The molecular weight excluding hydrogens is 367 g/mol. The highest BCUT2D eigenvalue weighted by molar-refractivity contribution is 7.89. The highest BCUT2D eigenvalue weighted by atomic mass is 35.5. The lowest BCUT2D eigenvalue weighted by atomic mass is 10.2. The minimum Gasteiger partial charge on any atom is -0.368 e. The van der Waals surface area contributed by atoms with Crippen molar-refractivity contribution in [3.05, 3.63) is 58.1 Å². The zero-order valence-corrected chi connectivity index (χ0v) is 15.6. The Balaban J connectivity index is 1.75. The van der Waals surface area contributed by atoms with E-state index in [1.54, 1.807) is 18.2 Å². The summed E-state index contributed by atoms with van der Waals surface area (Å²) in [7, 11) is -3.46. The lowest BCUT2D eigenvalue weighted by Gasteiger charge is -2.35. The van der Waals surface area contributed by atoms with E-state index in [1.807, 2.05) is 31.2 Å². The predicted octanol–water partition coefficient (Wildman–Crippen LogP) is 3.81. The second-order valence-electron chi connectivity index (χ2n) is 5.78. The SMILES string of the molecule is Cc1ccc(S(=O)(=O)N2CCN(c3cccc(Cl)c3Cl)CC2)cc1. The van der Waals surface area contributed by atoms with Crippen molar-refractivity contribution in [2.45, 2.75) is 11.8 Å². The fourth-order valence-corrected chi connectivity index (χ4v) is 4.60. The Bertz CT molecular complexity index is 830. The summed E-state index contributed by atoms with van der Waals surface area (Å²) in [5.74, 6) is 0. The van der Waals surface area contributed by atoms with Gasteiger partial charge in [0.25, 0.3) is 0 Å². The van der Waals surface area contributed by atoms with Gasteiger partial charge < -0.3 is 4.90 Å². The average molecular weight is 385 g/mol. The number of anilines is 1. The Morgan fingerprint density at radius 2 is 1.54 bits per heavy atom. The first kappa shape index (κ1) is 17.5. The van der Waals surface area contributed by atoms with Crippen LogP contribution in [0.1, 0.15) is 5.56 Å². The van der Waals surface area contributed by atoms with Crippen molar-refractivity contribution in [2.24, 2.45) is 0 Å². The van der Waals surface area contributed by atoms with Gasteiger partial charge in [-0.25, -0.2) is 8.42 Å². The Morgan fingerprint density at radius 3 is 2.17 bits per heavy atom. The van der Waals surface area contributed by atoms with Gasteiger partial charge in [0, 0.05) is 26.2 Å². The van der Waals surface area contributed by atoms with Gasteiger partial charge in [-0.05, 0) is 31.2 Å². The van der Waals surface area contributed by atoms with Crippen LogP contribution in [-0.4, -0.2) is 38.9 Å². The minimum absolute atomic E-state index is 0.335. The second-order valence-corrected chi connectivity index (χ2v) is 8.50. The summed E-state index contributed by atoms with van der Waals surface area (Å²) in [4.78, 5) is 2.40. The standard InChI is InChI=1S/C17H18Cl2N2O2S/c1-13-5-7-14(8-6-13)24(22,23)21-11-9-20(10-12-21)16-4-2-3-15(18)17(16)19/h2-8H,9-12H2,1H3. The molecule has 24 heavy (non-hydrogen) atoms. The van der Waals surface area contributed by atoms with Crippen molar-refractivity contribution in [3.63, 3.8) is 0 Å². The van der Waals surface area contributed by atoms with Gasteiger partial charge in [0.05, 0.1) is 20.6 Å². The van der Waals surface area contributed by atoms with E-state index in [1.165, 1.54) is 4.31 Å². The maximum atomic E-state index is 12.7. The van der Waals surface area contributed by atoms with Crippen LogP contribution in [0, 0.1) is 6.92 Å². The van der Waals surface area contributed by atoms with Gasteiger partial charge in [-0.2, -0.15) is 4.31 Å². The highest BCUT2D eigenvalue weighted by Crippen LogP contribution is 2.33. The van der Waals surface area contributed by atoms with E-state index in [4.69, 9.17) is 23.2 Å². The molecule has 0 amide bonds. The topological polar surface area (TPSA) is 40.6 Å². The first-order valence-electron chi connectivity index (χ1n) is 7.65. The van der Waals surface area contributed by atoms with E-state index >= 15 is 0 Å². The fourth-order valence-electron chi connectivity index (χ4n) is 2.77. The molecule has 0 spiro atoms. The number of aryl methyl sites for hydroxylation is 1. The number of hydrogen-bond donors (Lipinski definition) is 0. The molecule has 0 aliphatic carbocycles. The number of nitrogens with zero attached hydrogens (tertiary/aromatic N) is 2. The number of benzene rings is 2. The van der Waals surface area contributed by atoms with E-state index in [-0.39, 0.29) is 0 Å². The molecule has 0 unspecified atom stereocenters. The van der Waals surface area contributed by atoms with Gasteiger partial charge in [0.2, 0.25) is 10.0 Å². The first-order valence-corrected chi connectivity index (χ1v) is 9.85. The molecule has 0 atom stereocenters. The zero-order chi connectivity index (χ0) is 17.3. The van der Waals surface area contributed by atoms with Gasteiger partial charge in [-0.1, -0.05) is 47.0 Å². The number of halogens is 2. The summed E-state index contributed by atoms with van der Waals surface area (Å²) in [6.07, 6.45) is 0. The van der Waals surface area contributed by atoms with E-state index < -0.39 is 10.0 Å². The quantitative estimate of drug-likeness (QED) is 0.807. The summed E-state index contributed by atoms with van der Waals surface area (Å²) in [6, 6.07) is 12.4. The van der Waals surface area contributed by atoms with E-state index in [0.29, 0.717) is 41.1 Å². The summed E-state index contributed by atoms with van der Waals surface area (Å²) in [5.41, 5.74) is 1.88. The highest BCUT2D eigenvalue weighted by Gasteiger charge is 2.29. The van der Waals surface area contributed by atoms with E-state index in [2.05, 4.69) is 4.90 Å². The normalized spacial score (nSPS) is 16.4. The summed E-state index contributed by atoms with van der Waals surface area (Å²) < 4.78 is 27.0. The molecule has 0 radical (unpaired) electrons. The van der Waals surface area contributed by atoms with Gasteiger partial charge in [-0.3, -0.25) is 0 Å². The van der Waals surface area contributed by atoms with Crippen LogP contribution in [-0.2, 0) is 10.0 Å². The number of rotatable bonds is 3. The third kappa shape index (κ3) is 3.40. The summed E-state index contributed by atoms with van der Waals surface area (Å²) in [5, 5.41) is 1.01. The lowest BCUT2D eigenvalue weighted by molar-refractivity contribution is 0.385. The Kier molecular flexibility index (Phi) is 5.06. The summed E-state index contributed by atoms with van der Waals surface area (Å²) in [6.45, 7) is 3.91. The molecule has 0 aromatic heterocycles. The maximum absolute atomic E-state index is 12.7. The van der Waals surface area contributed by atoms with Crippen LogP contribution in [0.25, 0.3) is 0 Å². The molecule has 0 bridgehead atoms. The number of piperazine rings is 1. The Labute approximate surface area is 152 Å². The molecule has 1 saturated heterocycles. The third-order valence-corrected chi connectivity index (χ3v) is 6.89. The lowest BCUT2D eigenvalue weighted by Crippen LogP contribution is -2.48. The molecule has 128 valence electrons. The minimum atomic E-state index is -3.46.